The van der Waals surface area contributed by atoms with Gasteiger partial charge in [-0.3, -0.25) is 0 Å². The Hall–Kier alpha value is -1.22. The van der Waals surface area contributed by atoms with Gasteiger partial charge in [-0.25, -0.2) is 0 Å². The van der Waals surface area contributed by atoms with Gasteiger partial charge in [-0.05, 0) is 25.1 Å². The predicted octanol–water partition coefficient (Wildman–Crippen LogP) is 1.93. The highest BCUT2D eigenvalue weighted by molar-refractivity contribution is 5.42. The Labute approximate surface area is 89.4 Å². The second-order valence-corrected chi connectivity index (χ2v) is 4.17. The number of rotatable bonds is 0. The molecular formula is C12H15NO2. The first-order valence-electron chi connectivity index (χ1n) is 5.56. The van der Waals surface area contributed by atoms with Crippen molar-refractivity contribution in [1.82, 2.24) is 5.32 Å². The first kappa shape index (κ1) is 9.04. The van der Waals surface area contributed by atoms with Crippen LogP contribution in [0.25, 0.3) is 0 Å². The van der Waals surface area contributed by atoms with Crippen LogP contribution in [-0.2, 0) is 0 Å². The molecule has 80 valence electrons. The van der Waals surface area contributed by atoms with E-state index in [-0.39, 0.29) is 0 Å². The van der Waals surface area contributed by atoms with E-state index in [4.69, 9.17) is 9.47 Å². The number of hydrogen-bond donors (Lipinski definition) is 1. The lowest BCUT2D eigenvalue weighted by Gasteiger charge is -2.25. The van der Waals surface area contributed by atoms with Crippen LogP contribution in [0.4, 0.5) is 0 Å². The molecule has 0 radical (unpaired) electrons. The maximum Gasteiger partial charge on any atom is 0.252 e. The standard InChI is InChI=1S/C12H15NO2/c1-2-5-11-10(4-1)14-12(15-11)6-3-8-13-9-7-12/h1-2,4-5,13H,3,6-9H2. The SMILES string of the molecule is c1ccc2c(c1)OC1(CCCNCC1)O2. The molecule has 0 saturated carbocycles. The van der Waals surface area contributed by atoms with Gasteiger partial charge in [0.25, 0.3) is 5.79 Å². The van der Waals surface area contributed by atoms with Crippen LogP contribution in [-0.4, -0.2) is 18.9 Å². The highest BCUT2D eigenvalue weighted by Crippen LogP contribution is 2.42. The molecular weight excluding hydrogens is 190 g/mol. The summed E-state index contributed by atoms with van der Waals surface area (Å²) in [5.41, 5.74) is 0. The van der Waals surface area contributed by atoms with Crippen LogP contribution >= 0.6 is 0 Å². The van der Waals surface area contributed by atoms with E-state index in [1.807, 2.05) is 24.3 Å². The van der Waals surface area contributed by atoms with Crippen molar-refractivity contribution in [2.45, 2.75) is 25.0 Å². The van der Waals surface area contributed by atoms with Crippen LogP contribution in [0.15, 0.2) is 24.3 Å². The topological polar surface area (TPSA) is 30.5 Å². The molecule has 0 bridgehead atoms. The molecule has 2 aliphatic rings. The van der Waals surface area contributed by atoms with E-state index in [0.717, 1.165) is 43.9 Å². The first-order valence-corrected chi connectivity index (χ1v) is 5.56. The zero-order valence-electron chi connectivity index (χ0n) is 8.66. The third kappa shape index (κ3) is 1.57. The third-order valence-corrected chi connectivity index (χ3v) is 3.03. The average molecular weight is 205 g/mol. The molecule has 0 amide bonds. The van der Waals surface area contributed by atoms with Crippen molar-refractivity contribution in [2.24, 2.45) is 0 Å². The van der Waals surface area contributed by atoms with Gasteiger partial charge in [0.05, 0.1) is 0 Å². The summed E-state index contributed by atoms with van der Waals surface area (Å²) < 4.78 is 11.9. The summed E-state index contributed by atoms with van der Waals surface area (Å²) in [4.78, 5) is 0. The van der Waals surface area contributed by atoms with Gasteiger partial charge in [0, 0.05) is 19.4 Å². The molecule has 1 aromatic rings. The van der Waals surface area contributed by atoms with Crippen molar-refractivity contribution in [3.8, 4) is 11.5 Å². The summed E-state index contributed by atoms with van der Waals surface area (Å²) in [6.07, 6.45) is 2.99. The summed E-state index contributed by atoms with van der Waals surface area (Å²) >= 11 is 0. The number of fused-ring (bicyclic) bond motifs is 1. The summed E-state index contributed by atoms with van der Waals surface area (Å²) in [6.45, 7) is 2.03. The summed E-state index contributed by atoms with van der Waals surface area (Å²) in [5.74, 6) is 1.38. The fraction of sp³-hybridized carbons (Fsp3) is 0.500. The van der Waals surface area contributed by atoms with Crippen molar-refractivity contribution in [2.75, 3.05) is 13.1 Å². The van der Waals surface area contributed by atoms with E-state index in [0.29, 0.717) is 0 Å². The third-order valence-electron chi connectivity index (χ3n) is 3.03. The minimum Gasteiger partial charge on any atom is -0.448 e. The molecule has 0 unspecified atom stereocenters. The summed E-state index contributed by atoms with van der Waals surface area (Å²) in [6, 6.07) is 7.91. The summed E-state index contributed by atoms with van der Waals surface area (Å²) in [5, 5.41) is 3.37. The van der Waals surface area contributed by atoms with Gasteiger partial charge in [0.15, 0.2) is 11.5 Å². The van der Waals surface area contributed by atoms with Gasteiger partial charge in [-0.1, -0.05) is 12.1 Å². The van der Waals surface area contributed by atoms with Gasteiger partial charge in [0.1, 0.15) is 0 Å². The van der Waals surface area contributed by atoms with Gasteiger partial charge < -0.3 is 14.8 Å². The zero-order chi connectivity index (χ0) is 10.1. The smallest absolute Gasteiger partial charge is 0.252 e. The zero-order valence-corrected chi connectivity index (χ0v) is 8.66. The van der Waals surface area contributed by atoms with Crippen LogP contribution < -0.4 is 14.8 Å². The monoisotopic (exact) mass is 205 g/mol. The molecule has 0 aliphatic carbocycles. The van der Waals surface area contributed by atoms with Crippen LogP contribution in [0.1, 0.15) is 19.3 Å². The van der Waals surface area contributed by atoms with E-state index < -0.39 is 5.79 Å². The number of ether oxygens (including phenoxy) is 2. The number of para-hydroxylation sites is 2. The molecule has 15 heavy (non-hydrogen) atoms. The Morgan fingerprint density at radius 3 is 2.47 bits per heavy atom. The lowest BCUT2D eigenvalue weighted by molar-refractivity contribution is -0.0874. The molecule has 1 saturated heterocycles. The van der Waals surface area contributed by atoms with Crippen LogP contribution in [0, 0.1) is 0 Å². The predicted molar refractivity (Wildman–Crippen MR) is 57.1 cm³/mol. The second kappa shape index (κ2) is 3.42. The Bertz CT molecular complexity index is 329. The molecule has 3 heteroatoms. The minimum absolute atomic E-state index is 0.396. The largest absolute Gasteiger partial charge is 0.448 e. The maximum absolute atomic E-state index is 5.95. The van der Waals surface area contributed by atoms with E-state index in [9.17, 15) is 0 Å². The number of nitrogens with one attached hydrogen (secondary N) is 1. The fourth-order valence-corrected chi connectivity index (χ4v) is 2.26. The van der Waals surface area contributed by atoms with Crippen molar-refractivity contribution >= 4 is 0 Å². The fourth-order valence-electron chi connectivity index (χ4n) is 2.26. The highest BCUT2D eigenvalue weighted by atomic mass is 16.7. The average Bonchev–Trinajstić information content (AvgIpc) is 2.45. The van der Waals surface area contributed by atoms with E-state index in [1.54, 1.807) is 0 Å². The van der Waals surface area contributed by atoms with Crippen molar-refractivity contribution in [3.05, 3.63) is 24.3 Å². The molecule has 3 nitrogen and oxygen atoms in total. The number of hydrogen-bond acceptors (Lipinski definition) is 3. The highest BCUT2D eigenvalue weighted by Gasteiger charge is 2.41. The van der Waals surface area contributed by atoms with Crippen LogP contribution in [0.2, 0.25) is 0 Å². The van der Waals surface area contributed by atoms with Crippen molar-refractivity contribution in [1.29, 1.82) is 0 Å². The Kier molecular flexibility index (Phi) is 2.06. The van der Waals surface area contributed by atoms with E-state index >= 15 is 0 Å². The normalized spacial score (nSPS) is 22.7. The minimum atomic E-state index is -0.396. The Morgan fingerprint density at radius 1 is 1.00 bits per heavy atom. The molecule has 0 aromatic heterocycles. The first-order chi connectivity index (χ1) is 7.38. The molecule has 2 aliphatic heterocycles. The lowest BCUT2D eigenvalue weighted by atomic mass is 10.1. The van der Waals surface area contributed by atoms with Crippen molar-refractivity contribution in [3.63, 3.8) is 0 Å². The van der Waals surface area contributed by atoms with Crippen LogP contribution in [0.3, 0.4) is 0 Å². The Balaban J connectivity index is 1.86. The molecule has 1 spiro atoms. The molecule has 1 aromatic carbocycles. The molecule has 1 N–H and O–H groups in total. The molecule has 2 heterocycles. The molecule has 3 rings (SSSR count). The molecule has 0 atom stereocenters. The van der Waals surface area contributed by atoms with E-state index in [1.165, 1.54) is 0 Å². The molecule has 1 fully saturated rings. The maximum atomic E-state index is 5.95. The van der Waals surface area contributed by atoms with Crippen LogP contribution in [0.5, 0.6) is 11.5 Å². The van der Waals surface area contributed by atoms with Gasteiger partial charge in [-0.2, -0.15) is 0 Å². The quantitative estimate of drug-likeness (QED) is 0.702. The van der Waals surface area contributed by atoms with Gasteiger partial charge in [-0.15, -0.1) is 0 Å². The van der Waals surface area contributed by atoms with Gasteiger partial charge >= 0.3 is 0 Å². The van der Waals surface area contributed by atoms with Gasteiger partial charge in [0.2, 0.25) is 0 Å². The number of benzene rings is 1. The Morgan fingerprint density at radius 2 is 1.73 bits per heavy atom. The summed E-state index contributed by atoms with van der Waals surface area (Å²) in [7, 11) is 0. The van der Waals surface area contributed by atoms with E-state index in [2.05, 4.69) is 5.32 Å². The van der Waals surface area contributed by atoms with Crippen molar-refractivity contribution < 1.29 is 9.47 Å². The lowest BCUT2D eigenvalue weighted by Crippen LogP contribution is -2.39. The second-order valence-electron chi connectivity index (χ2n) is 4.17.